The van der Waals surface area contributed by atoms with E-state index in [1.54, 1.807) is 31.2 Å². The molecule has 19 heavy (non-hydrogen) atoms. The van der Waals surface area contributed by atoms with Gasteiger partial charge in [0.05, 0.1) is 5.75 Å². The van der Waals surface area contributed by atoms with Gasteiger partial charge < -0.3 is 10.8 Å². The van der Waals surface area contributed by atoms with E-state index in [2.05, 4.69) is 4.72 Å². The van der Waals surface area contributed by atoms with Crippen LogP contribution in [-0.4, -0.2) is 25.7 Å². The fourth-order valence-corrected chi connectivity index (χ4v) is 3.57. The molecule has 0 aromatic heterocycles. The average Bonchev–Trinajstić information content (AvgIpc) is 2.31. The van der Waals surface area contributed by atoms with Gasteiger partial charge in [0.2, 0.25) is 10.0 Å². The van der Waals surface area contributed by atoms with Gasteiger partial charge in [0, 0.05) is 17.8 Å². The van der Waals surface area contributed by atoms with Gasteiger partial charge in [-0.15, -0.1) is 0 Å². The average molecular weight is 286 g/mol. The number of hydrogen-bond donors (Lipinski definition) is 3. The number of aliphatic hydroxyl groups is 1. The normalized spacial score (nSPS) is 15.1. The number of anilines is 1. The number of hydrogen-bond acceptors (Lipinski definition) is 4. The van der Waals surface area contributed by atoms with Gasteiger partial charge in [0.1, 0.15) is 0 Å². The molecule has 1 aromatic rings. The molecule has 108 valence electrons. The zero-order chi connectivity index (χ0) is 14.5. The molecular weight excluding hydrogens is 264 g/mol. The van der Waals surface area contributed by atoms with Crippen molar-refractivity contribution in [1.82, 2.24) is 4.72 Å². The van der Waals surface area contributed by atoms with Crippen molar-refractivity contribution in [2.24, 2.45) is 0 Å². The number of nitrogens with one attached hydrogen (secondary N) is 1. The molecule has 6 heteroatoms. The Balaban J connectivity index is 2.85. The van der Waals surface area contributed by atoms with Crippen molar-refractivity contribution in [3.05, 3.63) is 29.8 Å². The highest BCUT2D eigenvalue weighted by molar-refractivity contribution is 7.88. The summed E-state index contributed by atoms with van der Waals surface area (Å²) in [5.41, 5.74) is 6.17. The summed E-state index contributed by atoms with van der Waals surface area (Å²) in [7, 11) is -3.49. The van der Waals surface area contributed by atoms with E-state index in [0.29, 0.717) is 24.1 Å². The molecule has 0 amide bonds. The first kappa shape index (κ1) is 15.9. The minimum atomic E-state index is -3.49. The maximum absolute atomic E-state index is 12.2. The third-order valence-corrected chi connectivity index (χ3v) is 4.74. The van der Waals surface area contributed by atoms with Gasteiger partial charge in [-0.05, 0) is 31.4 Å². The van der Waals surface area contributed by atoms with Crippen LogP contribution < -0.4 is 10.5 Å². The Hall–Kier alpha value is -1.11. The van der Waals surface area contributed by atoms with Gasteiger partial charge in [0.15, 0.2) is 0 Å². The first-order valence-corrected chi connectivity index (χ1v) is 7.93. The summed E-state index contributed by atoms with van der Waals surface area (Å²) in [6, 6.07) is 6.90. The number of nitrogens with two attached hydrogens (primary N) is 1. The van der Waals surface area contributed by atoms with Crippen LogP contribution in [0.15, 0.2) is 24.3 Å². The van der Waals surface area contributed by atoms with Crippen molar-refractivity contribution < 1.29 is 13.5 Å². The van der Waals surface area contributed by atoms with E-state index in [0.717, 1.165) is 0 Å². The third kappa shape index (κ3) is 4.81. The van der Waals surface area contributed by atoms with Crippen LogP contribution in [-0.2, 0) is 15.8 Å². The fourth-order valence-electron chi connectivity index (χ4n) is 1.83. The van der Waals surface area contributed by atoms with Crippen LogP contribution in [0, 0.1) is 0 Å². The second-order valence-electron chi connectivity index (χ2n) is 4.95. The molecule has 0 radical (unpaired) electrons. The van der Waals surface area contributed by atoms with Crippen LogP contribution in [0.25, 0.3) is 0 Å². The van der Waals surface area contributed by atoms with Gasteiger partial charge in [-0.25, -0.2) is 13.1 Å². The molecule has 0 heterocycles. The summed E-state index contributed by atoms with van der Waals surface area (Å²) in [6.45, 7) is 3.62. The highest BCUT2D eigenvalue weighted by Gasteiger charge is 2.27. The van der Waals surface area contributed by atoms with Crippen molar-refractivity contribution >= 4 is 15.7 Å². The Bertz CT molecular complexity index is 516. The summed E-state index contributed by atoms with van der Waals surface area (Å²) < 4.78 is 27.0. The maximum Gasteiger partial charge on any atom is 0.216 e. The minimum Gasteiger partial charge on any atom is -0.398 e. The largest absolute Gasteiger partial charge is 0.398 e. The summed E-state index contributed by atoms with van der Waals surface area (Å²) in [4.78, 5) is 0. The van der Waals surface area contributed by atoms with Crippen molar-refractivity contribution in [2.45, 2.75) is 38.0 Å². The molecule has 0 aliphatic heterocycles. The van der Waals surface area contributed by atoms with E-state index in [1.807, 2.05) is 6.92 Å². The number of aliphatic hydroxyl groups excluding tert-OH is 1. The Morgan fingerprint density at radius 3 is 2.53 bits per heavy atom. The predicted octanol–water partition coefficient (Wildman–Crippen LogP) is 1.24. The van der Waals surface area contributed by atoms with Crippen LogP contribution in [0.3, 0.4) is 0 Å². The van der Waals surface area contributed by atoms with Gasteiger partial charge in [-0.3, -0.25) is 0 Å². The first-order chi connectivity index (χ1) is 8.82. The second-order valence-corrected chi connectivity index (χ2v) is 6.67. The lowest BCUT2D eigenvalue weighted by molar-refractivity contribution is 0.233. The van der Waals surface area contributed by atoms with E-state index in [1.165, 1.54) is 0 Å². The van der Waals surface area contributed by atoms with Gasteiger partial charge >= 0.3 is 0 Å². The molecule has 0 spiro atoms. The topological polar surface area (TPSA) is 92.4 Å². The van der Waals surface area contributed by atoms with Gasteiger partial charge in [-0.1, -0.05) is 25.1 Å². The molecule has 1 rings (SSSR count). The van der Waals surface area contributed by atoms with E-state index in [4.69, 9.17) is 10.8 Å². The Labute approximate surface area is 114 Å². The van der Waals surface area contributed by atoms with Crippen molar-refractivity contribution in [3.8, 4) is 0 Å². The number of sulfonamides is 1. The quantitative estimate of drug-likeness (QED) is 0.657. The van der Waals surface area contributed by atoms with E-state index in [9.17, 15) is 8.42 Å². The lowest BCUT2D eigenvalue weighted by atomic mass is 9.97. The zero-order valence-corrected chi connectivity index (χ0v) is 12.2. The molecule has 0 saturated heterocycles. The molecule has 1 atom stereocenters. The summed E-state index contributed by atoms with van der Waals surface area (Å²) in [5, 5.41) is 9.01. The van der Waals surface area contributed by atoms with E-state index < -0.39 is 15.6 Å². The van der Waals surface area contributed by atoms with Crippen LogP contribution in [0.1, 0.15) is 32.3 Å². The molecule has 4 N–H and O–H groups in total. The smallest absolute Gasteiger partial charge is 0.216 e. The number of para-hydroxylation sites is 1. The maximum atomic E-state index is 12.2. The lowest BCUT2D eigenvalue weighted by Gasteiger charge is -2.28. The van der Waals surface area contributed by atoms with Crippen molar-refractivity contribution in [1.29, 1.82) is 0 Å². The Morgan fingerprint density at radius 2 is 2.00 bits per heavy atom. The monoisotopic (exact) mass is 286 g/mol. The number of nitrogen functional groups attached to an aromatic ring is 1. The summed E-state index contributed by atoms with van der Waals surface area (Å²) in [6.07, 6.45) is 0.990. The van der Waals surface area contributed by atoms with Crippen molar-refractivity contribution in [2.75, 3.05) is 12.3 Å². The molecule has 1 unspecified atom stereocenters. The molecule has 0 fully saturated rings. The second kappa shape index (κ2) is 6.36. The first-order valence-electron chi connectivity index (χ1n) is 6.28. The minimum absolute atomic E-state index is 0.0552. The highest BCUT2D eigenvalue weighted by atomic mass is 32.2. The molecule has 1 aromatic carbocycles. The molecule has 5 nitrogen and oxygen atoms in total. The zero-order valence-electron chi connectivity index (χ0n) is 11.4. The fraction of sp³-hybridized carbons (Fsp3) is 0.538. The molecule has 0 aliphatic rings. The van der Waals surface area contributed by atoms with Gasteiger partial charge in [0.25, 0.3) is 0 Å². The Morgan fingerprint density at radius 1 is 1.37 bits per heavy atom. The van der Waals surface area contributed by atoms with Crippen LogP contribution >= 0.6 is 0 Å². The van der Waals surface area contributed by atoms with E-state index >= 15 is 0 Å². The van der Waals surface area contributed by atoms with Gasteiger partial charge in [-0.2, -0.15) is 0 Å². The molecule has 0 aliphatic carbocycles. The number of rotatable bonds is 7. The lowest BCUT2D eigenvalue weighted by Crippen LogP contribution is -2.46. The third-order valence-electron chi connectivity index (χ3n) is 3.25. The molecule has 0 saturated carbocycles. The number of benzene rings is 1. The summed E-state index contributed by atoms with van der Waals surface area (Å²) in [5.74, 6) is -0.152. The van der Waals surface area contributed by atoms with E-state index in [-0.39, 0.29) is 12.4 Å². The standard InChI is InChI=1S/C13H22N2O3S/c1-3-13(2,8-9-16)15-19(17,18)10-11-6-4-5-7-12(11)14/h4-7,15-16H,3,8-10,14H2,1-2H3. The van der Waals surface area contributed by atoms with Crippen molar-refractivity contribution in [3.63, 3.8) is 0 Å². The molecular formula is C13H22N2O3S. The van der Waals surface area contributed by atoms with Crippen LogP contribution in [0.5, 0.6) is 0 Å². The highest BCUT2D eigenvalue weighted by Crippen LogP contribution is 2.19. The van der Waals surface area contributed by atoms with Crippen LogP contribution in [0.2, 0.25) is 0 Å². The molecule has 0 bridgehead atoms. The van der Waals surface area contributed by atoms with Crippen LogP contribution in [0.4, 0.5) is 5.69 Å². The predicted molar refractivity (Wildman–Crippen MR) is 77.0 cm³/mol. The SMILES string of the molecule is CCC(C)(CCO)NS(=O)(=O)Cc1ccccc1N. The summed E-state index contributed by atoms with van der Waals surface area (Å²) >= 11 is 0. The Kier molecular flexibility index (Phi) is 5.34.